The maximum atomic E-state index is 12.9. The standard InChI is InChI=1S/C26H21N3O3S/c30-23(20-8-4-9-22(16-20)29-13-14-32-26(29)31)12-11-21-18-28(17-19-6-2-1-3-7-19)27-25(21)24-10-5-15-33-24/h1-12,15-16,18H,13-14,17H2/b12-11-. The zero-order valence-corrected chi connectivity index (χ0v) is 18.6. The minimum atomic E-state index is -0.387. The van der Waals surface area contributed by atoms with E-state index in [4.69, 9.17) is 9.84 Å². The third-order valence-corrected chi connectivity index (χ3v) is 6.23. The number of rotatable bonds is 7. The fourth-order valence-electron chi connectivity index (χ4n) is 3.73. The normalized spacial score (nSPS) is 13.6. The third kappa shape index (κ3) is 4.63. The van der Waals surface area contributed by atoms with Gasteiger partial charge in [-0.05, 0) is 41.3 Å². The van der Waals surface area contributed by atoms with Gasteiger partial charge < -0.3 is 4.74 Å². The molecule has 0 N–H and O–H groups in total. The highest BCUT2D eigenvalue weighted by molar-refractivity contribution is 7.13. The molecule has 6 nitrogen and oxygen atoms in total. The number of amides is 1. The molecule has 0 unspecified atom stereocenters. The van der Waals surface area contributed by atoms with Gasteiger partial charge in [-0.2, -0.15) is 5.10 Å². The van der Waals surface area contributed by atoms with E-state index in [0.29, 0.717) is 30.9 Å². The number of hydrogen-bond donors (Lipinski definition) is 0. The summed E-state index contributed by atoms with van der Waals surface area (Å²) in [4.78, 5) is 27.3. The number of cyclic esters (lactones) is 1. The summed E-state index contributed by atoms with van der Waals surface area (Å²) < 4.78 is 6.90. The summed E-state index contributed by atoms with van der Waals surface area (Å²) >= 11 is 1.61. The Balaban J connectivity index is 1.40. The van der Waals surface area contributed by atoms with Crippen LogP contribution in [0.5, 0.6) is 0 Å². The lowest BCUT2D eigenvalue weighted by Crippen LogP contribution is -2.23. The van der Waals surface area contributed by atoms with Gasteiger partial charge in [0.05, 0.1) is 18.0 Å². The molecule has 2 aromatic heterocycles. The molecule has 0 saturated carbocycles. The Hall–Kier alpha value is -3.97. The van der Waals surface area contributed by atoms with Gasteiger partial charge in [-0.25, -0.2) is 4.79 Å². The van der Waals surface area contributed by atoms with E-state index < -0.39 is 0 Å². The minimum Gasteiger partial charge on any atom is -0.447 e. The Bertz CT molecular complexity index is 1310. The first kappa shape index (κ1) is 20.9. The molecule has 3 heterocycles. The average molecular weight is 456 g/mol. The number of nitrogens with zero attached hydrogens (tertiary/aromatic N) is 3. The monoisotopic (exact) mass is 455 g/mol. The Morgan fingerprint density at radius 1 is 1.09 bits per heavy atom. The molecular weight excluding hydrogens is 434 g/mol. The predicted molar refractivity (Wildman–Crippen MR) is 130 cm³/mol. The summed E-state index contributed by atoms with van der Waals surface area (Å²) in [7, 11) is 0. The number of thiophene rings is 1. The Labute approximate surface area is 195 Å². The number of carbonyl (C=O) groups is 2. The number of anilines is 1. The van der Waals surface area contributed by atoms with Gasteiger partial charge in [0.1, 0.15) is 12.3 Å². The highest BCUT2D eigenvalue weighted by Crippen LogP contribution is 2.28. The summed E-state index contributed by atoms with van der Waals surface area (Å²) in [6.45, 7) is 1.49. The van der Waals surface area contributed by atoms with Crippen LogP contribution in [0.25, 0.3) is 16.6 Å². The molecule has 4 aromatic rings. The van der Waals surface area contributed by atoms with Crippen LogP contribution in [0.15, 0.2) is 84.4 Å². The van der Waals surface area contributed by atoms with Crippen LogP contribution in [0.1, 0.15) is 21.5 Å². The molecule has 1 saturated heterocycles. The van der Waals surface area contributed by atoms with Gasteiger partial charge >= 0.3 is 6.09 Å². The maximum absolute atomic E-state index is 12.9. The first-order valence-corrected chi connectivity index (χ1v) is 11.5. The molecule has 1 amide bonds. The fourth-order valence-corrected chi connectivity index (χ4v) is 4.46. The van der Waals surface area contributed by atoms with Crippen molar-refractivity contribution in [3.8, 4) is 10.6 Å². The smallest absolute Gasteiger partial charge is 0.414 e. The number of hydrogen-bond acceptors (Lipinski definition) is 5. The second kappa shape index (κ2) is 9.26. The lowest BCUT2D eigenvalue weighted by Gasteiger charge is -2.13. The zero-order chi connectivity index (χ0) is 22.6. The van der Waals surface area contributed by atoms with Gasteiger partial charge in [-0.3, -0.25) is 14.4 Å². The van der Waals surface area contributed by atoms with Crippen molar-refractivity contribution in [2.45, 2.75) is 6.54 Å². The van der Waals surface area contributed by atoms with Gasteiger partial charge in [0.2, 0.25) is 0 Å². The lowest BCUT2D eigenvalue weighted by atomic mass is 10.1. The Morgan fingerprint density at radius 2 is 1.97 bits per heavy atom. The van der Waals surface area contributed by atoms with Gasteiger partial charge in [-0.15, -0.1) is 11.3 Å². The molecule has 0 aliphatic carbocycles. The van der Waals surface area contributed by atoms with Crippen LogP contribution in [0, 0.1) is 0 Å². The van der Waals surface area contributed by atoms with Crippen LogP contribution in [-0.2, 0) is 11.3 Å². The van der Waals surface area contributed by atoms with Crippen molar-refractivity contribution in [3.63, 3.8) is 0 Å². The number of aromatic nitrogens is 2. The fraction of sp³-hybridized carbons (Fsp3) is 0.115. The molecule has 1 aliphatic heterocycles. The van der Waals surface area contributed by atoms with E-state index in [9.17, 15) is 9.59 Å². The SMILES string of the molecule is O=C(/C=C\c1cn(Cc2ccccc2)nc1-c1cccs1)c1cccc(N2CCOC2=O)c1. The molecule has 0 bridgehead atoms. The van der Waals surface area contributed by atoms with E-state index in [1.807, 2.05) is 52.7 Å². The van der Waals surface area contributed by atoms with Crippen LogP contribution in [0.4, 0.5) is 10.5 Å². The molecule has 1 fully saturated rings. The minimum absolute atomic E-state index is 0.141. The van der Waals surface area contributed by atoms with Gasteiger partial charge in [-0.1, -0.05) is 48.5 Å². The molecule has 164 valence electrons. The predicted octanol–water partition coefficient (Wildman–Crippen LogP) is 5.51. The second-order valence-corrected chi connectivity index (χ2v) is 8.56. The van der Waals surface area contributed by atoms with Gasteiger partial charge in [0.25, 0.3) is 0 Å². The lowest BCUT2D eigenvalue weighted by molar-refractivity contribution is 0.104. The molecular formula is C26H21N3O3S. The molecule has 1 aliphatic rings. The van der Waals surface area contributed by atoms with Crippen LogP contribution >= 0.6 is 11.3 Å². The van der Waals surface area contributed by atoms with Crippen molar-refractivity contribution < 1.29 is 14.3 Å². The van der Waals surface area contributed by atoms with E-state index in [1.54, 1.807) is 41.7 Å². The number of ketones is 1. The van der Waals surface area contributed by atoms with Crippen molar-refractivity contribution in [2.24, 2.45) is 0 Å². The maximum Gasteiger partial charge on any atom is 0.414 e. The summed E-state index contributed by atoms with van der Waals surface area (Å²) in [6.07, 6.45) is 4.94. The van der Waals surface area contributed by atoms with Crippen LogP contribution in [0.2, 0.25) is 0 Å². The zero-order valence-electron chi connectivity index (χ0n) is 17.8. The highest BCUT2D eigenvalue weighted by atomic mass is 32.1. The molecule has 7 heteroatoms. The molecule has 0 spiro atoms. The summed E-state index contributed by atoms with van der Waals surface area (Å²) in [5, 5.41) is 6.79. The quantitative estimate of drug-likeness (QED) is 0.272. The van der Waals surface area contributed by atoms with Crippen molar-refractivity contribution in [1.82, 2.24) is 9.78 Å². The van der Waals surface area contributed by atoms with E-state index in [1.165, 1.54) is 4.90 Å². The second-order valence-electron chi connectivity index (χ2n) is 7.61. The van der Waals surface area contributed by atoms with E-state index in [0.717, 1.165) is 21.7 Å². The van der Waals surface area contributed by atoms with Gasteiger partial charge in [0.15, 0.2) is 5.78 Å². The average Bonchev–Trinajstić information content (AvgIpc) is 3.59. The summed E-state index contributed by atoms with van der Waals surface area (Å²) in [5.41, 5.74) is 4.05. The molecule has 2 aromatic carbocycles. The summed E-state index contributed by atoms with van der Waals surface area (Å²) in [6, 6.07) is 21.2. The molecule has 0 radical (unpaired) electrons. The van der Waals surface area contributed by atoms with Crippen molar-refractivity contribution in [3.05, 3.63) is 101 Å². The van der Waals surface area contributed by atoms with E-state index in [-0.39, 0.29) is 11.9 Å². The number of ether oxygens (including phenoxy) is 1. The summed E-state index contributed by atoms with van der Waals surface area (Å²) in [5.74, 6) is -0.141. The molecule has 33 heavy (non-hydrogen) atoms. The molecule has 0 atom stereocenters. The number of benzene rings is 2. The first-order valence-electron chi connectivity index (χ1n) is 10.6. The number of carbonyl (C=O) groups excluding carboxylic acids is 2. The van der Waals surface area contributed by atoms with Crippen molar-refractivity contribution in [1.29, 1.82) is 0 Å². The van der Waals surface area contributed by atoms with Crippen LogP contribution < -0.4 is 4.90 Å². The Morgan fingerprint density at radius 3 is 2.73 bits per heavy atom. The van der Waals surface area contributed by atoms with Crippen molar-refractivity contribution in [2.75, 3.05) is 18.1 Å². The van der Waals surface area contributed by atoms with Crippen LogP contribution in [0.3, 0.4) is 0 Å². The third-order valence-electron chi connectivity index (χ3n) is 5.35. The van der Waals surface area contributed by atoms with Gasteiger partial charge in [0, 0.05) is 23.0 Å². The van der Waals surface area contributed by atoms with Crippen LogP contribution in [-0.4, -0.2) is 34.8 Å². The number of allylic oxidation sites excluding steroid dienone is 1. The van der Waals surface area contributed by atoms with E-state index in [2.05, 4.69) is 12.1 Å². The Kier molecular flexibility index (Phi) is 5.87. The largest absolute Gasteiger partial charge is 0.447 e. The topological polar surface area (TPSA) is 64.4 Å². The van der Waals surface area contributed by atoms with Crippen molar-refractivity contribution >= 4 is 35.0 Å². The highest BCUT2D eigenvalue weighted by Gasteiger charge is 2.24. The first-order chi connectivity index (χ1) is 16.2. The van der Waals surface area contributed by atoms with E-state index >= 15 is 0 Å². The molecule has 5 rings (SSSR count).